The molecule has 0 aliphatic carbocycles. The summed E-state index contributed by atoms with van der Waals surface area (Å²) in [5, 5.41) is 3.38. The molecule has 0 spiro atoms. The van der Waals surface area contributed by atoms with Gasteiger partial charge in [-0.1, -0.05) is 27.5 Å². The fraction of sp³-hybridized carbons (Fsp3) is 0.556. The van der Waals surface area contributed by atoms with Crippen LogP contribution in [0.15, 0.2) is 22.7 Å². The highest BCUT2D eigenvalue weighted by atomic mass is 79.9. The van der Waals surface area contributed by atoms with Gasteiger partial charge in [0.2, 0.25) is 5.91 Å². The highest BCUT2D eigenvalue weighted by Gasteiger charge is 2.24. The van der Waals surface area contributed by atoms with Crippen molar-refractivity contribution in [2.75, 3.05) is 51.1 Å². The van der Waals surface area contributed by atoms with Gasteiger partial charge in [0, 0.05) is 43.7 Å². The van der Waals surface area contributed by atoms with Crippen LogP contribution in [-0.4, -0.2) is 72.5 Å². The summed E-state index contributed by atoms with van der Waals surface area (Å²) >= 11 is 9.53. The van der Waals surface area contributed by atoms with Crippen molar-refractivity contribution in [3.8, 4) is 0 Å². The molecule has 2 heterocycles. The first-order chi connectivity index (χ1) is 12.5. The molecule has 0 saturated carbocycles. The first kappa shape index (κ1) is 19.5. The summed E-state index contributed by atoms with van der Waals surface area (Å²) in [5.74, 6) is 0.210. The van der Waals surface area contributed by atoms with Crippen LogP contribution in [-0.2, 0) is 4.79 Å². The Morgan fingerprint density at radius 3 is 2.46 bits per heavy atom. The van der Waals surface area contributed by atoms with Gasteiger partial charge in [0.15, 0.2) is 0 Å². The molecule has 1 aromatic rings. The lowest BCUT2D eigenvalue weighted by Crippen LogP contribution is -2.41. The monoisotopic (exact) mass is 442 g/mol. The molecule has 2 aliphatic rings. The summed E-state index contributed by atoms with van der Waals surface area (Å²) in [6.45, 7) is 5.05. The van der Waals surface area contributed by atoms with Crippen molar-refractivity contribution in [2.45, 2.75) is 19.3 Å². The molecule has 0 unspecified atom stereocenters. The van der Waals surface area contributed by atoms with E-state index in [1.165, 1.54) is 0 Å². The van der Waals surface area contributed by atoms with Gasteiger partial charge in [0.1, 0.15) is 0 Å². The maximum Gasteiger partial charge on any atom is 0.321 e. The van der Waals surface area contributed by atoms with Crippen molar-refractivity contribution in [3.05, 3.63) is 27.7 Å². The summed E-state index contributed by atoms with van der Waals surface area (Å²) in [7, 11) is 0. The van der Waals surface area contributed by atoms with Crippen LogP contribution in [0.2, 0.25) is 5.02 Å². The summed E-state index contributed by atoms with van der Waals surface area (Å²) in [4.78, 5) is 30.8. The van der Waals surface area contributed by atoms with Gasteiger partial charge in [-0.05, 0) is 37.5 Å². The second-order valence-electron chi connectivity index (χ2n) is 6.76. The van der Waals surface area contributed by atoms with Crippen LogP contribution in [0.3, 0.4) is 0 Å². The maximum absolute atomic E-state index is 12.5. The minimum Gasteiger partial charge on any atom is -0.342 e. The molecular formula is C18H24BrClN4O2. The van der Waals surface area contributed by atoms with E-state index in [9.17, 15) is 9.59 Å². The summed E-state index contributed by atoms with van der Waals surface area (Å²) < 4.78 is 0.869. The number of urea groups is 1. The largest absolute Gasteiger partial charge is 0.342 e. The molecular weight excluding hydrogens is 420 g/mol. The van der Waals surface area contributed by atoms with Crippen LogP contribution < -0.4 is 5.32 Å². The molecule has 0 radical (unpaired) electrons. The first-order valence-electron chi connectivity index (χ1n) is 9.04. The third-order valence-electron chi connectivity index (χ3n) is 4.87. The number of anilines is 1. The molecule has 8 heteroatoms. The van der Waals surface area contributed by atoms with Crippen LogP contribution in [0, 0.1) is 0 Å². The van der Waals surface area contributed by atoms with Crippen LogP contribution in [0.1, 0.15) is 19.3 Å². The van der Waals surface area contributed by atoms with E-state index < -0.39 is 0 Å². The predicted octanol–water partition coefficient (Wildman–Crippen LogP) is 3.26. The van der Waals surface area contributed by atoms with Gasteiger partial charge in [-0.2, -0.15) is 0 Å². The fourth-order valence-electron chi connectivity index (χ4n) is 3.38. The third kappa shape index (κ3) is 5.11. The van der Waals surface area contributed by atoms with Crippen molar-refractivity contribution in [3.63, 3.8) is 0 Å². The zero-order valence-corrected chi connectivity index (χ0v) is 17.1. The Morgan fingerprint density at radius 1 is 1.00 bits per heavy atom. The molecule has 0 bridgehead atoms. The number of hydrogen-bond acceptors (Lipinski definition) is 3. The molecule has 26 heavy (non-hydrogen) atoms. The predicted molar refractivity (Wildman–Crippen MR) is 107 cm³/mol. The number of nitrogens with one attached hydrogen (secondary N) is 1. The Labute approximate surface area is 167 Å². The normalized spacial score (nSPS) is 18.7. The van der Waals surface area contributed by atoms with Gasteiger partial charge in [0.25, 0.3) is 0 Å². The van der Waals surface area contributed by atoms with Crippen LogP contribution in [0.5, 0.6) is 0 Å². The third-order valence-corrected chi connectivity index (χ3v) is 5.67. The molecule has 2 fully saturated rings. The van der Waals surface area contributed by atoms with E-state index in [1.54, 1.807) is 17.0 Å². The van der Waals surface area contributed by atoms with Gasteiger partial charge in [0.05, 0.1) is 17.3 Å². The van der Waals surface area contributed by atoms with E-state index in [0.717, 1.165) is 43.4 Å². The maximum atomic E-state index is 12.5. The van der Waals surface area contributed by atoms with Crippen LogP contribution >= 0.6 is 27.5 Å². The summed E-state index contributed by atoms with van der Waals surface area (Å²) in [6.07, 6.45) is 3.07. The van der Waals surface area contributed by atoms with Gasteiger partial charge >= 0.3 is 6.03 Å². The standard InChI is InChI=1S/C18H24BrClN4O2/c19-14-4-5-16(15(20)12-14)21-18(26)24-9-3-6-22(10-11-24)13-17(25)23-7-1-2-8-23/h4-5,12H,1-3,6-11,13H2,(H,21,26). The van der Waals surface area contributed by atoms with Crippen molar-refractivity contribution in [1.29, 1.82) is 0 Å². The van der Waals surface area contributed by atoms with Crippen molar-refractivity contribution in [1.82, 2.24) is 14.7 Å². The average Bonchev–Trinajstić information content (AvgIpc) is 3.05. The lowest BCUT2D eigenvalue weighted by molar-refractivity contribution is -0.131. The van der Waals surface area contributed by atoms with E-state index >= 15 is 0 Å². The lowest BCUT2D eigenvalue weighted by Gasteiger charge is -2.24. The Kier molecular flexibility index (Phi) is 6.78. The van der Waals surface area contributed by atoms with Crippen LogP contribution in [0.4, 0.5) is 10.5 Å². The molecule has 3 rings (SSSR count). The van der Waals surface area contributed by atoms with Crippen molar-refractivity contribution in [2.24, 2.45) is 0 Å². The van der Waals surface area contributed by atoms with E-state index in [2.05, 4.69) is 26.1 Å². The molecule has 2 aliphatic heterocycles. The number of benzene rings is 1. The summed E-state index contributed by atoms with van der Waals surface area (Å²) in [6, 6.07) is 5.23. The van der Waals surface area contributed by atoms with Crippen LogP contribution in [0.25, 0.3) is 0 Å². The number of rotatable bonds is 3. The molecule has 6 nitrogen and oxygen atoms in total. The number of nitrogens with zero attached hydrogens (tertiary/aromatic N) is 3. The number of halogens is 2. The zero-order chi connectivity index (χ0) is 18.5. The number of likely N-dealkylation sites (tertiary alicyclic amines) is 1. The quantitative estimate of drug-likeness (QED) is 0.780. The topological polar surface area (TPSA) is 55.9 Å². The smallest absolute Gasteiger partial charge is 0.321 e. The van der Waals surface area contributed by atoms with E-state index in [0.29, 0.717) is 36.9 Å². The van der Waals surface area contributed by atoms with Gasteiger partial charge in [-0.3, -0.25) is 9.69 Å². The Morgan fingerprint density at radius 2 is 1.73 bits per heavy atom. The molecule has 0 aromatic heterocycles. The minimum absolute atomic E-state index is 0.151. The fourth-order valence-corrected chi connectivity index (χ4v) is 4.10. The Bertz CT molecular complexity index is 667. The second kappa shape index (κ2) is 9.06. The number of carbonyl (C=O) groups excluding carboxylic acids is 2. The van der Waals surface area contributed by atoms with Gasteiger partial charge < -0.3 is 15.1 Å². The van der Waals surface area contributed by atoms with Gasteiger partial charge in [-0.15, -0.1) is 0 Å². The molecule has 1 N–H and O–H groups in total. The van der Waals surface area contributed by atoms with E-state index in [1.807, 2.05) is 11.0 Å². The second-order valence-corrected chi connectivity index (χ2v) is 8.08. The molecule has 3 amide bonds. The molecule has 1 aromatic carbocycles. The number of carbonyl (C=O) groups is 2. The molecule has 0 atom stereocenters. The highest BCUT2D eigenvalue weighted by Crippen LogP contribution is 2.26. The first-order valence-corrected chi connectivity index (χ1v) is 10.2. The highest BCUT2D eigenvalue weighted by molar-refractivity contribution is 9.10. The SMILES string of the molecule is O=C(CN1CCCN(C(=O)Nc2ccc(Br)cc2Cl)CC1)N1CCCC1. The Hall–Kier alpha value is -1.31. The lowest BCUT2D eigenvalue weighted by atomic mass is 10.3. The number of amides is 3. The van der Waals surface area contributed by atoms with Crippen molar-refractivity contribution < 1.29 is 9.59 Å². The average molecular weight is 444 g/mol. The van der Waals surface area contributed by atoms with E-state index in [4.69, 9.17) is 11.6 Å². The molecule has 2 saturated heterocycles. The molecule has 142 valence electrons. The number of hydrogen-bond donors (Lipinski definition) is 1. The minimum atomic E-state index is -0.151. The Balaban J connectivity index is 1.51. The summed E-state index contributed by atoms with van der Waals surface area (Å²) in [5.41, 5.74) is 0.602. The van der Waals surface area contributed by atoms with Gasteiger partial charge in [-0.25, -0.2) is 4.79 Å². The zero-order valence-electron chi connectivity index (χ0n) is 14.7. The van der Waals surface area contributed by atoms with Crippen molar-refractivity contribution >= 4 is 45.2 Å². The van der Waals surface area contributed by atoms with E-state index in [-0.39, 0.29) is 11.9 Å².